The van der Waals surface area contributed by atoms with Gasteiger partial charge in [-0.25, -0.2) is 0 Å². The van der Waals surface area contributed by atoms with E-state index in [0.717, 1.165) is 0 Å². The fourth-order valence-corrected chi connectivity index (χ4v) is 4.43. The average Bonchev–Trinajstić information content (AvgIpc) is 2.67. The molecule has 30 heavy (non-hydrogen) atoms. The van der Waals surface area contributed by atoms with Gasteiger partial charge in [0, 0.05) is 24.9 Å². The first-order valence-corrected chi connectivity index (χ1v) is 10.2. The van der Waals surface area contributed by atoms with Crippen LogP contribution in [0.15, 0.2) is 0 Å². The van der Waals surface area contributed by atoms with Crippen LogP contribution in [0.25, 0.3) is 0 Å². The molecule has 2 aliphatic carbocycles. The van der Waals surface area contributed by atoms with Gasteiger partial charge in [0.1, 0.15) is 30.0 Å². The molecule has 0 aromatic carbocycles. The van der Waals surface area contributed by atoms with E-state index in [1.807, 2.05) is 0 Å². The summed E-state index contributed by atoms with van der Waals surface area (Å²) in [5.41, 5.74) is 16.0. The van der Waals surface area contributed by atoms with Gasteiger partial charge < -0.3 is 57.5 Å². The second-order valence-electron chi connectivity index (χ2n) is 8.91. The smallest absolute Gasteiger partial charge is 0.252 e. The fourth-order valence-electron chi connectivity index (χ4n) is 4.43. The Bertz CT molecular complexity index is 619. The minimum absolute atomic E-state index is 0.122. The molecule has 1 aliphatic heterocycles. The second-order valence-corrected chi connectivity index (χ2v) is 8.91. The molecule has 1 saturated heterocycles. The molecule has 0 aromatic heterocycles. The van der Waals surface area contributed by atoms with Crippen LogP contribution < -0.4 is 22.5 Å². The van der Waals surface area contributed by atoms with Gasteiger partial charge in [0.05, 0.1) is 24.8 Å². The van der Waals surface area contributed by atoms with Crippen molar-refractivity contribution in [3.05, 3.63) is 0 Å². The number of hydrogen-bond donors (Lipinski definition) is 9. The molecular weight excluding hydrogens is 400 g/mol. The maximum absolute atomic E-state index is 12.6. The van der Waals surface area contributed by atoms with Gasteiger partial charge in [-0.2, -0.15) is 0 Å². The van der Waals surface area contributed by atoms with Crippen molar-refractivity contribution in [2.45, 2.75) is 92.8 Å². The Morgan fingerprint density at radius 3 is 2.37 bits per heavy atom. The number of ether oxygens (including phenoxy) is 2. The fraction of sp³-hybridized carbons (Fsp3) is 0.944. The minimum Gasteiger partial charge on any atom is -0.394 e. The van der Waals surface area contributed by atoms with E-state index in [-0.39, 0.29) is 25.3 Å². The lowest BCUT2D eigenvalue weighted by Gasteiger charge is -2.48. The maximum Gasteiger partial charge on any atom is 0.252 e. The van der Waals surface area contributed by atoms with Crippen LogP contribution in [-0.2, 0) is 14.3 Å². The molecule has 1 heterocycles. The lowest BCUT2D eigenvalue weighted by Crippen LogP contribution is -2.68. The van der Waals surface area contributed by atoms with Crippen molar-refractivity contribution in [1.29, 1.82) is 0 Å². The minimum atomic E-state index is -1.59. The topological polar surface area (TPSA) is 227 Å². The van der Waals surface area contributed by atoms with Crippen LogP contribution >= 0.6 is 0 Å². The zero-order valence-electron chi connectivity index (χ0n) is 16.9. The van der Waals surface area contributed by atoms with Crippen LogP contribution in [-0.4, -0.2) is 105 Å². The number of aliphatic hydroxyl groups excluding tert-OH is 4. The Hall–Kier alpha value is -0.930. The number of hydrogen-bond acceptors (Lipinski definition) is 11. The highest BCUT2D eigenvalue weighted by Crippen LogP contribution is 2.34. The molecule has 3 aliphatic rings. The highest BCUT2D eigenvalue weighted by Gasteiger charge is 2.51. The number of carbonyl (C=O) groups is 1. The van der Waals surface area contributed by atoms with Crippen LogP contribution in [0.5, 0.6) is 0 Å². The highest BCUT2D eigenvalue weighted by atomic mass is 16.7. The van der Waals surface area contributed by atoms with E-state index >= 15 is 0 Å². The summed E-state index contributed by atoms with van der Waals surface area (Å²) in [5.74, 6) is -1.03. The van der Waals surface area contributed by atoms with Crippen LogP contribution in [0.1, 0.15) is 26.2 Å². The monoisotopic (exact) mass is 434 g/mol. The third kappa shape index (κ3) is 4.35. The lowest BCUT2D eigenvalue weighted by atomic mass is 9.74. The third-order valence-corrected chi connectivity index (χ3v) is 6.64. The molecule has 0 unspecified atom stereocenters. The van der Waals surface area contributed by atoms with Crippen molar-refractivity contribution in [2.75, 3.05) is 6.61 Å². The number of aliphatic hydroxyl groups is 5. The van der Waals surface area contributed by atoms with Crippen molar-refractivity contribution in [1.82, 2.24) is 5.32 Å². The van der Waals surface area contributed by atoms with Crippen molar-refractivity contribution in [3.8, 4) is 0 Å². The standard InChI is InChI=1S/C18H34N4O8/c1-6-8(20)2-9(22-17(27)18(28)3-7(19)4-18)15(12(6)24)30-16-14(26)11(21)13(25)10(5-23)29-16/h6-16,23-26,28H,2-5,19-21H2,1H3,(H,22,27)/t6-,7?,8+,9-,10-,11+,12+,13-,14-,15+,16-,18?/m1/s1. The molecule has 1 amide bonds. The lowest BCUT2D eigenvalue weighted by molar-refractivity contribution is -0.303. The van der Waals surface area contributed by atoms with Gasteiger partial charge in [-0.05, 0) is 12.3 Å². The molecule has 3 fully saturated rings. The molecule has 0 radical (unpaired) electrons. The second kappa shape index (κ2) is 8.90. The first-order valence-electron chi connectivity index (χ1n) is 10.2. The molecule has 10 atom stereocenters. The molecule has 12 nitrogen and oxygen atoms in total. The van der Waals surface area contributed by atoms with E-state index in [4.69, 9.17) is 26.7 Å². The first kappa shape index (κ1) is 23.7. The predicted molar refractivity (Wildman–Crippen MR) is 102 cm³/mol. The molecule has 0 bridgehead atoms. The van der Waals surface area contributed by atoms with Gasteiger partial charge in [-0.15, -0.1) is 0 Å². The van der Waals surface area contributed by atoms with Crippen LogP contribution in [0.2, 0.25) is 0 Å². The summed E-state index contributed by atoms with van der Waals surface area (Å²) in [4.78, 5) is 12.6. The number of carbonyl (C=O) groups excluding carboxylic acids is 1. The van der Waals surface area contributed by atoms with Crippen molar-refractivity contribution < 1.29 is 39.8 Å². The largest absolute Gasteiger partial charge is 0.394 e. The van der Waals surface area contributed by atoms with Gasteiger partial charge in [0.15, 0.2) is 6.29 Å². The SMILES string of the molecule is C[C@H]1[C@H](O)[C@@H](O[C@H]2O[C@H](CO)[C@@H](O)[C@H](N)[C@H]2O)[C@H](NC(=O)C2(O)CC(N)C2)C[C@@H]1N. The van der Waals surface area contributed by atoms with E-state index in [0.29, 0.717) is 0 Å². The summed E-state index contributed by atoms with van der Waals surface area (Å²) in [6, 6.07) is -2.64. The van der Waals surface area contributed by atoms with E-state index in [1.54, 1.807) is 6.92 Å². The summed E-state index contributed by atoms with van der Waals surface area (Å²) >= 11 is 0. The first-order chi connectivity index (χ1) is 14.0. The number of nitrogens with two attached hydrogens (primary N) is 3. The zero-order chi connectivity index (χ0) is 22.4. The van der Waals surface area contributed by atoms with Gasteiger partial charge in [-0.3, -0.25) is 4.79 Å². The van der Waals surface area contributed by atoms with Gasteiger partial charge in [-0.1, -0.05) is 6.92 Å². The Morgan fingerprint density at radius 1 is 1.17 bits per heavy atom. The average molecular weight is 434 g/mol. The Labute approximate surface area is 174 Å². The molecular formula is C18H34N4O8. The predicted octanol–water partition coefficient (Wildman–Crippen LogP) is -4.80. The summed E-state index contributed by atoms with van der Waals surface area (Å²) < 4.78 is 11.3. The molecule has 12 N–H and O–H groups in total. The summed E-state index contributed by atoms with van der Waals surface area (Å²) in [6.45, 7) is 1.18. The van der Waals surface area contributed by atoms with E-state index in [2.05, 4.69) is 5.32 Å². The van der Waals surface area contributed by atoms with Crippen LogP contribution in [0, 0.1) is 5.92 Å². The van der Waals surface area contributed by atoms with Gasteiger partial charge >= 0.3 is 0 Å². The summed E-state index contributed by atoms with van der Waals surface area (Å²) in [6.07, 6.45) is -6.86. The molecule has 12 heteroatoms. The molecule has 0 aromatic rings. The van der Waals surface area contributed by atoms with Gasteiger partial charge in [0.2, 0.25) is 0 Å². The quantitative estimate of drug-likeness (QED) is 0.199. The Kier molecular flexibility index (Phi) is 7.04. The Balaban J connectivity index is 1.75. The molecule has 0 spiro atoms. The normalized spacial score (nSPS) is 51.8. The third-order valence-electron chi connectivity index (χ3n) is 6.64. The van der Waals surface area contributed by atoms with E-state index < -0.39 is 79.0 Å². The zero-order valence-corrected chi connectivity index (χ0v) is 16.9. The molecule has 2 saturated carbocycles. The van der Waals surface area contributed by atoms with Crippen LogP contribution in [0.4, 0.5) is 0 Å². The van der Waals surface area contributed by atoms with E-state index in [1.165, 1.54) is 0 Å². The van der Waals surface area contributed by atoms with Crippen molar-refractivity contribution >= 4 is 5.91 Å². The van der Waals surface area contributed by atoms with Crippen molar-refractivity contribution in [3.63, 3.8) is 0 Å². The molecule has 3 rings (SSSR count). The number of nitrogens with one attached hydrogen (secondary N) is 1. The summed E-state index contributed by atoms with van der Waals surface area (Å²) in [5, 5.41) is 53.6. The maximum atomic E-state index is 12.6. The van der Waals surface area contributed by atoms with Gasteiger partial charge in [0.25, 0.3) is 5.91 Å². The van der Waals surface area contributed by atoms with E-state index in [9.17, 15) is 30.3 Å². The van der Waals surface area contributed by atoms with Crippen molar-refractivity contribution in [2.24, 2.45) is 23.1 Å². The number of amides is 1. The Morgan fingerprint density at radius 2 is 1.80 bits per heavy atom. The summed E-state index contributed by atoms with van der Waals surface area (Å²) in [7, 11) is 0. The molecule has 174 valence electrons. The number of rotatable bonds is 5. The highest BCUT2D eigenvalue weighted by molar-refractivity contribution is 5.86. The van der Waals surface area contributed by atoms with Crippen LogP contribution in [0.3, 0.4) is 0 Å².